The van der Waals surface area contributed by atoms with Gasteiger partial charge >= 0.3 is 6.16 Å². The number of hydrogen-bond acceptors (Lipinski definition) is 3. The molecule has 0 bridgehead atoms. The van der Waals surface area contributed by atoms with Gasteiger partial charge in [0.15, 0.2) is 6.07 Å². The number of rotatable bonds is 2. The van der Waals surface area contributed by atoms with Crippen molar-refractivity contribution in [2.75, 3.05) is 6.07 Å². The van der Waals surface area contributed by atoms with Crippen molar-refractivity contribution in [3.8, 4) is 0 Å². The van der Waals surface area contributed by atoms with Crippen LogP contribution >= 0.6 is 11.6 Å². The molecule has 0 radical (unpaired) electrons. The van der Waals surface area contributed by atoms with Gasteiger partial charge in [-0.1, -0.05) is 31.9 Å². The summed E-state index contributed by atoms with van der Waals surface area (Å²) in [6, 6.07) is -0.143. The van der Waals surface area contributed by atoms with Crippen LogP contribution in [0, 0.1) is 11.8 Å². The zero-order chi connectivity index (χ0) is 10.6. The zero-order valence-electron chi connectivity index (χ0n) is 8.66. The molecule has 3 nitrogen and oxygen atoms in total. The van der Waals surface area contributed by atoms with Crippen molar-refractivity contribution >= 4 is 17.8 Å². The molecular weight excluding hydrogens is 204 g/mol. The second-order valence-corrected chi connectivity index (χ2v) is 4.27. The van der Waals surface area contributed by atoms with Crippen LogP contribution in [0.5, 0.6) is 0 Å². The van der Waals surface area contributed by atoms with E-state index in [1.54, 1.807) is 0 Å². The topological polar surface area (TPSA) is 35.5 Å². The second-order valence-electron chi connectivity index (χ2n) is 4.06. The second kappa shape index (κ2) is 5.44. The first-order chi connectivity index (χ1) is 6.63. The monoisotopic (exact) mass is 220 g/mol. The molecule has 0 amide bonds. The van der Waals surface area contributed by atoms with Gasteiger partial charge in [-0.25, -0.2) is 4.79 Å². The van der Waals surface area contributed by atoms with Crippen molar-refractivity contribution in [3.05, 3.63) is 0 Å². The summed E-state index contributed by atoms with van der Waals surface area (Å²) in [4.78, 5) is 11.0. The standard InChI is InChI=1S/C10H17ClO3/c1-7-3-4-8(2)9(5-7)14-10(12)13-6-11/h7-9H,3-6H2,1-2H3. The van der Waals surface area contributed by atoms with Crippen LogP contribution in [-0.2, 0) is 9.47 Å². The fourth-order valence-electron chi connectivity index (χ4n) is 1.85. The third kappa shape index (κ3) is 3.37. The molecule has 3 atom stereocenters. The Labute approximate surface area is 89.7 Å². The molecule has 0 spiro atoms. The molecule has 0 aromatic carbocycles. The lowest BCUT2D eigenvalue weighted by atomic mass is 9.82. The van der Waals surface area contributed by atoms with Crippen LogP contribution in [0.4, 0.5) is 4.79 Å². The minimum atomic E-state index is -0.647. The maximum Gasteiger partial charge on any atom is 0.509 e. The maximum atomic E-state index is 11.0. The summed E-state index contributed by atoms with van der Waals surface area (Å²) in [6.45, 7) is 4.28. The van der Waals surface area contributed by atoms with Gasteiger partial charge in [0.1, 0.15) is 6.10 Å². The summed E-state index contributed by atoms with van der Waals surface area (Å²) in [5, 5.41) is 0. The Bertz CT molecular complexity index is 196. The lowest BCUT2D eigenvalue weighted by Gasteiger charge is -2.31. The highest BCUT2D eigenvalue weighted by molar-refractivity contribution is 6.17. The molecule has 1 aliphatic rings. The van der Waals surface area contributed by atoms with Gasteiger partial charge in [0.05, 0.1) is 0 Å². The molecule has 1 rings (SSSR count). The third-order valence-corrected chi connectivity index (χ3v) is 2.91. The van der Waals surface area contributed by atoms with Gasteiger partial charge in [-0.2, -0.15) is 0 Å². The predicted octanol–water partition coefficient (Wildman–Crippen LogP) is 3.16. The van der Waals surface area contributed by atoms with Gasteiger partial charge in [0, 0.05) is 0 Å². The Hall–Kier alpha value is -0.440. The summed E-state index contributed by atoms with van der Waals surface area (Å²) in [7, 11) is 0. The van der Waals surface area contributed by atoms with E-state index in [2.05, 4.69) is 18.6 Å². The molecule has 0 N–H and O–H groups in total. The molecule has 3 unspecified atom stereocenters. The van der Waals surface area contributed by atoms with Gasteiger partial charge in [0.2, 0.25) is 0 Å². The van der Waals surface area contributed by atoms with E-state index in [4.69, 9.17) is 16.3 Å². The van der Waals surface area contributed by atoms with Crippen molar-refractivity contribution in [3.63, 3.8) is 0 Å². The lowest BCUT2D eigenvalue weighted by molar-refractivity contribution is -0.0110. The molecule has 0 heterocycles. The van der Waals surface area contributed by atoms with E-state index in [0.29, 0.717) is 11.8 Å². The van der Waals surface area contributed by atoms with Crippen LogP contribution < -0.4 is 0 Å². The van der Waals surface area contributed by atoms with Crippen molar-refractivity contribution in [1.29, 1.82) is 0 Å². The molecule has 0 aromatic rings. The quantitative estimate of drug-likeness (QED) is 0.530. The van der Waals surface area contributed by atoms with E-state index in [0.717, 1.165) is 12.8 Å². The highest BCUT2D eigenvalue weighted by Crippen LogP contribution is 2.30. The smallest absolute Gasteiger partial charge is 0.431 e. The van der Waals surface area contributed by atoms with Gasteiger partial charge in [-0.15, -0.1) is 0 Å². The molecule has 82 valence electrons. The van der Waals surface area contributed by atoms with Crippen LogP contribution in [0.1, 0.15) is 33.1 Å². The lowest BCUT2D eigenvalue weighted by Crippen LogP contribution is -2.31. The van der Waals surface area contributed by atoms with Crippen molar-refractivity contribution in [2.45, 2.75) is 39.2 Å². The number of alkyl halides is 1. The minimum absolute atomic E-state index is 0.00512. The number of carbonyl (C=O) groups excluding carboxylic acids is 1. The fraction of sp³-hybridized carbons (Fsp3) is 0.900. The molecule has 14 heavy (non-hydrogen) atoms. The van der Waals surface area contributed by atoms with E-state index in [1.807, 2.05) is 0 Å². The normalized spacial score (nSPS) is 32.4. The summed E-state index contributed by atoms with van der Waals surface area (Å²) >= 11 is 5.26. The molecule has 0 aromatic heterocycles. The zero-order valence-corrected chi connectivity index (χ0v) is 9.42. The largest absolute Gasteiger partial charge is 0.509 e. The summed E-state index contributed by atoms with van der Waals surface area (Å²) in [5.41, 5.74) is 0. The Balaban J connectivity index is 2.37. The Morgan fingerprint density at radius 1 is 1.43 bits per heavy atom. The van der Waals surface area contributed by atoms with Crippen molar-refractivity contribution in [1.82, 2.24) is 0 Å². The van der Waals surface area contributed by atoms with Crippen molar-refractivity contribution in [2.24, 2.45) is 11.8 Å². The molecular formula is C10H17ClO3. The van der Waals surface area contributed by atoms with Gasteiger partial charge in [-0.3, -0.25) is 0 Å². The average molecular weight is 221 g/mol. The molecule has 0 saturated heterocycles. The van der Waals surface area contributed by atoms with Crippen LogP contribution in [-0.4, -0.2) is 18.3 Å². The highest BCUT2D eigenvalue weighted by Gasteiger charge is 2.28. The number of ether oxygens (including phenoxy) is 2. The average Bonchev–Trinajstić information content (AvgIpc) is 2.12. The summed E-state index contributed by atoms with van der Waals surface area (Å²) in [6.07, 6.45) is 2.60. The minimum Gasteiger partial charge on any atom is -0.431 e. The molecule has 1 saturated carbocycles. The molecule has 1 aliphatic carbocycles. The van der Waals surface area contributed by atoms with E-state index in [9.17, 15) is 4.79 Å². The van der Waals surface area contributed by atoms with Gasteiger partial charge < -0.3 is 9.47 Å². The number of hydrogen-bond donors (Lipinski definition) is 0. The Morgan fingerprint density at radius 3 is 2.79 bits per heavy atom. The van der Waals surface area contributed by atoms with E-state index < -0.39 is 6.16 Å². The van der Waals surface area contributed by atoms with Crippen LogP contribution in [0.25, 0.3) is 0 Å². The van der Waals surface area contributed by atoms with E-state index in [-0.39, 0.29) is 12.2 Å². The molecule has 1 fully saturated rings. The van der Waals surface area contributed by atoms with Crippen molar-refractivity contribution < 1.29 is 14.3 Å². The fourth-order valence-corrected chi connectivity index (χ4v) is 1.94. The first-order valence-corrected chi connectivity index (χ1v) is 5.56. The van der Waals surface area contributed by atoms with Crippen LogP contribution in [0.3, 0.4) is 0 Å². The van der Waals surface area contributed by atoms with E-state index >= 15 is 0 Å². The number of halogens is 1. The highest BCUT2D eigenvalue weighted by atomic mass is 35.5. The Morgan fingerprint density at radius 2 is 2.14 bits per heavy atom. The van der Waals surface area contributed by atoms with Gasteiger partial charge in [-0.05, 0) is 24.7 Å². The SMILES string of the molecule is CC1CCC(C)C(OC(=O)OCCl)C1. The predicted molar refractivity (Wildman–Crippen MR) is 54.3 cm³/mol. The van der Waals surface area contributed by atoms with Crippen LogP contribution in [0.15, 0.2) is 0 Å². The number of carbonyl (C=O) groups is 1. The third-order valence-electron chi connectivity index (χ3n) is 2.80. The van der Waals surface area contributed by atoms with Crippen LogP contribution in [0.2, 0.25) is 0 Å². The Kier molecular flexibility index (Phi) is 4.52. The molecule has 0 aliphatic heterocycles. The maximum absolute atomic E-state index is 11.0. The first kappa shape index (κ1) is 11.6. The van der Waals surface area contributed by atoms with Gasteiger partial charge in [0.25, 0.3) is 0 Å². The van der Waals surface area contributed by atoms with E-state index in [1.165, 1.54) is 6.42 Å². The first-order valence-electron chi connectivity index (χ1n) is 5.03. The molecule has 4 heteroatoms. The summed E-state index contributed by atoms with van der Waals surface area (Å²) in [5.74, 6) is 1.05. The summed E-state index contributed by atoms with van der Waals surface area (Å²) < 4.78 is 9.70.